The summed E-state index contributed by atoms with van der Waals surface area (Å²) >= 11 is 12.5. The summed E-state index contributed by atoms with van der Waals surface area (Å²) in [4.78, 5) is 18.0. The zero-order valence-corrected chi connectivity index (χ0v) is 22.0. The maximum atomic E-state index is 13.4. The SMILES string of the molecule is COc1ccc(CCC2(C3CCCC3)CC(O)=C(Cc3nc4cc(Cl)ccc4n3C)C(=O)O2)cc1Cl. The van der Waals surface area contributed by atoms with Crippen LogP contribution in [0.25, 0.3) is 11.0 Å². The summed E-state index contributed by atoms with van der Waals surface area (Å²) < 4.78 is 13.5. The molecular weight excluding hydrogens is 499 g/mol. The number of ether oxygens (including phenoxy) is 2. The fourth-order valence-electron chi connectivity index (χ4n) is 5.75. The molecule has 2 aliphatic rings. The van der Waals surface area contributed by atoms with Crippen LogP contribution < -0.4 is 4.74 Å². The lowest BCUT2D eigenvalue weighted by molar-refractivity contribution is -0.167. The Morgan fingerprint density at radius 3 is 2.67 bits per heavy atom. The number of aliphatic hydroxyl groups is 1. The Hall–Kier alpha value is -2.70. The summed E-state index contributed by atoms with van der Waals surface area (Å²) in [5.74, 6) is 1.17. The lowest BCUT2D eigenvalue weighted by Crippen LogP contribution is -2.46. The maximum absolute atomic E-state index is 13.4. The molecule has 0 saturated heterocycles. The van der Waals surface area contributed by atoms with Crippen LogP contribution in [0.4, 0.5) is 0 Å². The molecule has 2 aromatic carbocycles. The Morgan fingerprint density at radius 1 is 1.19 bits per heavy atom. The lowest BCUT2D eigenvalue weighted by Gasteiger charge is -2.42. The number of carbonyl (C=O) groups excluding carboxylic acids is 1. The highest BCUT2D eigenvalue weighted by Gasteiger charge is 2.48. The van der Waals surface area contributed by atoms with Crippen molar-refractivity contribution >= 4 is 40.2 Å². The molecule has 1 fully saturated rings. The Balaban J connectivity index is 1.41. The standard InChI is InChI=1S/C28H30Cl2N2O4/c1-32-23-9-8-19(29)14-22(23)31-26(32)15-20-24(33)16-28(36-27(20)34,18-5-3-4-6-18)12-11-17-7-10-25(35-2)21(30)13-17/h7-10,13-14,18,33H,3-6,11-12,15-16H2,1-2H3. The van der Waals surface area contributed by atoms with Crippen molar-refractivity contribution in [2.24, 2.45) is 13.0 Å². The van der Waals surface area contributed by atoms with Gasteiger partial charge in [-0.1, -0.05) is 42.1 Å². The molecule has 0 radical (unpaired) electrons. The van der Waals surface area contributed by atoms with E-state index >= 15 is 0 Å². The number of benzene rings is 2. The molecule has 1 aliphatic heterocycles. The molecule has 8 heteroatoms. The molecule has 6 nitrogen and oxygen atoms in total. The molecule has 1 N–H and O–H groups in total. The first kappa shape index (κ1) is 25.0. The van der Waals surface area contributed by atoms with Gasteiger partial charge < -0.3 is 19.1 Å². The smallest absolute Gasteiger partial charge is 0.338 e. The van der Waals surface area contributed by atoms with Gasteiger partial charge in [-0.15, -0.1) is 0 Å². The van der Waals surface area contributed by atoms with E-state index in [0.717, 1.165) is 42.3 Å². The fraction of sp³-hybridized carbons (Fsp3) is 0.429. The van der Waals surface area contributed by atoms with Gasteiger partial charge in [0.05, 0.1) is 28.7 Å². The van der Waals surface area contributed by atoms with E-state index in [1.807, 2.05) is 41.9 Å². The molecule has 190 valence electrons. The van der Waals surface area contributed by atoms with Gasteiger partial charge in [0.1, 0.15) is 22.9 Å². The van der Waals surface area contributed by atoms with E-state index in [1.54, 1.807) is 13.2 Å². The van der Waals surface area contributed by atoms with Crippen molar-refractivity contribution in [3.8, 4) is 5.75 Å². The van der Waals surface area contributed by atoms with Crippen molar-refractivity contribution in [2.75, 3.05) is 7.11 Å². The first-order valence-electron chi connectivity index (χ1n) is 12.4. The summed E-state index contributed by atoms with van der Waals surface area (Å²) in [6.45, 7) is 0. The van der Waals surface area contributed by atoms with Gasteiger partial charge in [0.25, 0.3) is 0 Å². The first-order chi connectivity index (χ1) is 17.3. The molecule has 0 spiro atoms. The number of aryl methyl sites for hydroxylation is 2. The first-order valence-corrected chi connectivity index (χ1v) is 13.1. The number of hydrogen-bond donors (Lipinski definition) is 1. The number of methoxy groups -OCH3 is 1. The molecule has 1 atom stereocenters. The monoisotopic (exact) mass is 528 g/mol. The van der Waals surface area contributed by atoms with Crippen LogP contribution in [0.2, 0.25) is 10.0 Å². The van der Waals surface area contributed by atoms with Crippen LogP contribution >= 0.6 is 23.2 Å². The van der Waals surface area contributed by atoms with Crippen LogP contribution in [0, 0.1) is 5.92 Å². The van der Waals surface area contributed by atoms with Crippen molar-refractivity contribution in [3.63, 3.8) is 0 Å². The van der Waals surface area contributed by atoms with Crippen LogP contribution in [0.1, 0.15) is 49.9 Å². The van der Waals surface area contributed by atoms with E-state index in [4.69, 9.17) is 32.7 Å². The topological polar surface area (TPSA) is 73.6 Å². The Kier molecular flexibility index (Phi) is 6.92. The lowest BCUT2D eigenvalue weighted by atomic mass is 9.76. The van der Waals surface area contributed by atoms with Crippen molar-refractivity contribution in [3.05, 3.63) is 69.2 Å². The molecule has 1 unspecified atom stereocenters. The predicted octanol–water partition coefficient (Wildman–Crippen LogP) is 6.75. The highest BCUT2D eigenvalue weighted by Crippen LogP contribution is 2.46. The fourth-order valence-corrected chi connectivity index (χ4v) is 6.19. The Bertz CT molecular complexity index is 1340. The molecule has 3 aromatic rings. The quantitative estimate of drug-likeness (QED) is 0.343. The molecule has 2 heterocycles. The normalized spacial score (nSPS) is 20.8. The minimum Gasteiger partial charge on any atom is -0.512 e. The van der Waals surface area contributed by atoms with Gasteiger partial charge in [-0.25, -0.2) is 9.78 Å². The summed E-state index contributed by atoms with van der Waals surface area (Å²) in [5.41, 5.74) is 2.26. The van der Waals surface area contributed by atoms with Crippen molar-refractivity contribution < 1.29 is 19.4 Å². The second-order valence-corrected chi connectivity index (χ2v) is 10.7. The molecule has 0 bridgehead atoms. The van der Waals surface area contributed by atoms with Gasteiger partial charge in [0.2, 0.25) is 0 Å². The Labute approximate surface area is 220 Å². The highest BCUT2D eigenvalue weighted by atomic mass is 35.5. The molecule has 1 saturated carbocycles. The number of aliphatic hydroxyl groups excluding tert-OH is 1. The number of carbonyl (C=O) groups is 1. The van der Waals surface area contributed by atoms with Crippen LogP contribution in [0.3, 0.4) is 0 Å². The average molecular weight is 529 g/mol. The third-order valence-electron chi connectivity index (χ3n) is 7.78. The Morgan fingerprint density at radius 2 is 1.97 bits per heavy atom. The van der Waals surface area contributed by atoms with Crippen molar-refractivity contribution in [2.45, 2.75) is 57.0 Å². The number of halogens is 2. The number of imidazole rings is 1. The minimum atomic E-state index is -0.729. The second kappa shape index (κ2) is 9.98. The number of hydrogen-bond acceptors (Lipinski definition) is 5. The summed E-state index contributed by atoms with van der Waals surface area (Å²) in [7, 11) is 3.49. The molecule has 1 aromatic heterocycles. The summed E-state index contributed by atoms with van der Waals surface area (Å²) in [6, 6.07) is 11.2. The highest BCUT2D eigenvalue weighted by molar-refractivity contribution is 6.32. The number of fused-ring (bicyclic) bond motifs is 1. The van der Waals surface area contributed by atoms with Gasteiger partial charge in [-0.05, 0) is 67.5 Å². The number of aromatic nitrogens is 2. The van der Waals surface area contributed by atoms with Crippen LogP contribution in [-0.2, 0) is 29.4 Å². The zero-order valence-electron chi connectivity index (χ0n) is 20.5. The molecular formula is C28H30Cl2N2O4. The van der Waals surface area contributed by atoms with E-state index in [9.17, 15) is 9.90 Å². The average Bonchev–Trinajstić information content (AvgIpc) is 3.49. The number of nitrogens with zero attached hydrogens (tertiary/aromatic N) is 2. The zero-order chi connectivity index (χ0) is 25.4. The van der Waals surface area contributed by atoms with Gasteiger partial charge >= 0.3 is 5.97 Å². The molecule has 5 rings (SSSR count). The number of cyclic esters (lactones) is 1. The van der Waals surface area contributed by atoms with Crippen molar-refractivity contribution in [1.29, 1.82) is 0 Å². The van der Waals surface area contributed by atoms with Crippen LogP contribution in [-0.4, -0.2) is 33.3 Å². The van der Waals surface area contributed by atoms with Gasteiger partial charge in [0.15, 0.2) is 0 Å². The van der Waals surface area contributed by atoms with Gasteiger partial charge in [-0.2, -0.15) is 0 Å². The van der Waals surface area contributed by atoms with E-state index < -0.39 is 11.6 Å². The number of esters is 1. The van der Waals surface area contributed by atoms with Gasteiger partial charge in [0, 0.05) is 24.9 Å². The summed E-state index contributed by atoms with van der Waals surface area (Å²) in [5, 5.41) is 12.4. The van der Waals surface area contributed by atoms with E-state index in [0.29, 0.717) is 40.9 Å². The third-order valence-corrected chi connectivity index (χ3v) is 8.31. The minimum absolute atomic E-state index is 0.107. The van der Waals surface area contributed by atoms with Gasteiger partial charge in [-0.3, -0.25) is 0 Å². The van der Waals surface area contributed by atoms with E-state index in [2.05, 4.69) is 4.98 Å². The van der Waals surface area contributed by atoms with E-state index in [1.165, 1.54) is 0 Å². The maximum Gasteiger partial charge on any atom is 0.338 e. The third kappa shape index (κ3) is 4.69. The largest absolute Gasteiger partial charge is 0.512 e. The molecule has 0 amide bonds. The van der Waals surface area contributed by atoms with Crippen molar-refractivity contribution in [1.82, 2.24) is 9.55 Å². The summed E-state index contributed by atoms with van der Waals surface area (Å²) in [6.07, 6.45) is 6.02. The van der Waals surface area contributed by atoms with Crippen LogP contribution in [0.15, 0.2) is 47.7 Å². The molecule has 1 aliphatic carbocycles. The second-order valence-electron chi connectivity index (χ2n) is 9.90. The van der Waals surface area contributed by atoms with E-state index in [-0.39, 0.29) is 23.7 Å². The number of rotatable bonds is 7. The van der Waals surface area contributed by atoms with Crippen LogP contribution in [0.5, 0.6) is 5.75 Å². The molecule has 36 heavy (non-hydrogen) atoms. The predicted molar refractivity (Wildman–Crippen MR) is 141 cm³/mol.